The lowest BCUT2D eigenvalue weighted by atomic mass is 10.2. The number of amides is 1. The first-order chi connectivity index (χ1) is 13.2. The molecule has 0 saturated carbocycles. The molecule has 0 aliphatic heterocycles. The molecular formula is C19H27N3O3S2. The molecule has 6 nitrogen and oxygen atoms in total. The lowest BCUT2D eigenvalue weighted by molar-refractivity contribution is -0.118. The number of nitrogens with zero attached hydrogens (tertiary/aromatic N) is 2. The average Bonchev–Trinajstić information content (AvgIpc) is 3.23. The van der Waals surface area contributed by atoms with E-state index in [1.807, 2.05) is 0 Å². The Morgan fingerprint density at radius 1 is 1.37 bits per heavy atom. The quantitative estimate of drug-likeness (QED) is 0.371. The zero-order chi connectivity index (χ0) is 19.2. The number of hydrogen-bond donors (Lipinski definition) is 1. The summed E-state index contributed by atoms with van der Waals surface area (Å²) >= 11 is 2.96. The normalized spacial score (nSPS) is 13.3. The molecule has 0 atom stereocenters. The Balaban J connectivity index is 1.79. The monoisotopic (exact) mass is 409 g/mol. The van der Waals surface area contributed by atoms with Crippen LogP contribution in [0.1, 0.15) is 43.0 Å². The molecule has 0 radical (unpaired) electrons. The molecule has 3 rings (SSSR count). The Kier molecular flexibility index (Phi) is 7.32. The summed E-state index contributed by atoms with van der Waals surface area (Å²) in [6.07, 6.45) is 6.36. The van der Waals surface area contributed by atoms with E-state index < -0.39 is 0 Å². The van der Waals surface area contributed by atoms with Crippen LogP contribution in [-0.2, 0) is 28.9 Å². The van der Waals surface area contributed by atoms with Gasteiger partial charge in [0.25, 0.3) is 5.56 Å². The summed E-state index contributed by atoms with van der Waals surface area (Å²) in [5, 5.41) is 4.32. The largest absolute Gasteiger partial charge is 0.383 e. The molecule has 0 fully saturated rings. The fraction of sp³-hybridized carbons (Fsp3) is 0.632. The third-order valence-electron chi connectivity index (χ3n) is 4.74. The summed E-state index contributed by atoms with van der Waals surface area (Å²) in [5.74, 6) is 0.250. The van der Waals surface area contributed by atoms with Gasteiger partial charge in [0.2, 0.25) is 5.91 Å². The van der Waals surface area contributed by atoms with E-state index in [1.165, 1.54) is 22.2 Å². The number of carbonyl (C=O) groups is 1. The van der Waals surface area contributed by atoms with Crippen LogP contribution in [0.2, 0.25) is 0 Å². The highest BCUT2D eigenvalue weighted by molar-refractivity contribution is 7.99. The maximum atomic E-state index is 13.1. The summed E-state index contributed by atoms with van der Waals surface area (Å²) in [6.45, 7) is 3.73. The number of rotatable bonds is 10. The first kappa shape index (κ1) is 20.4. The standard InChI is InChI=1S/C19H27N3O3S2/c1-3-4-5-9-20-15(23)12-26-19-21-17-16(13-7-6-8-14(13)27-17)18(24)22(19)10-11-25-2/h3-12H2,1-2H3,(H,20,23). The third kappa shape index (κ3) is 4.73. The number of hydrogen-bond acceptors (Lipinski definition) is 6. The van der Waals surface area contributed by atoms with Gasteiger partial charge in [-0.3, -0.25) is 14.2 Å². The Labute approximate surface area is 167 Å². The van der Waals surface area contributed by atoms with Gasteiger partial charge in [-0.25, -0.2) is 4.98 Å². The van der Waals surface area contributed by atoms with Crippen molar-refractivity contribution in [2.45, 2.75) is 57.1 Å². The Morgan fingerprint density at radius 3 is 3.00 bits per heavy atom. The average molecular weight is 410 g/mol. The summed E-state index contributed by atoms with van der Waals surface area (Å²) in [7, 11) is 1.62. The van der Waals surface area contributed by atoms with Crippen molar-refractivity contribution in [2.24, 2.45) is 0 Å². The molecule has 0 aromatic carbocycles. The number of fused-ring (bicyclic) bond motifs is 3. The number of unbranched alkanes of at least 4 members (excludes halogenated alkanes) is 2. The van der Waals surface area contributed by atoms with Gasteiger partial charge >= 0.3 is 0 Å². The first-order valence-corrected chi connectivity index (χ1v) is 11.4. The van der Waals surface area contributed by atoms with Crippen molar-refractivity contribution in [3.8, 4) is 0 Å². The van der Waals surface area contributed by atoms with E-state index in [0.717, 1.165) is 48.7 Å². The molecule has 1 aliphatic rings. The molecule has 0 saturated heterocycles. The molecule has 0 spiro atoms. The van der Waals surface area contributed by atoms with Crippen LogP contribution in [0.25, 0.3) is 10.2 Å². The second-order valence-electron chi connectivity index (χ2n) is 6.73. The summed E-state index contributed by atoms with van der Waals surface area (Å²) in [4.78, 5) is 32.1. The molecule has 0 unspecified atom stereocenters. The van der Waals surface area contributed by atoms with E-state index in [0.29, 0.717) is 24.9 Å². The van der Waals surface area contributed by atoms with Crippen molar-refractivity contribution in [3.63, 3.8) is 0 Å². The van der Waals surface area contributed by atoms with E-state index in [2.05, 4.69) is 12.2 Å². The van der Waals surface area contributed by atoms with E-state index in [1.54, 1.807) is 23.0 Å². The second kappa shape index (κ2) is 9.71. The molecule has 2 aromatic rings. The molecular weight excluding hydrogens is 382 g/mol. The van der Waals surface area contributed by atoms with Gasteiger partial charge in [0.1, 0.15) is 4.83 Å². The number of ether oxygens (including phenoxy) is 1. The van der Waals surface area contributed by atoms with Gasteiger partial charge in [-0.05, 0) is 31.2 Å². The van der Waals surface area contributed by atoms with Crippen molar-refractivity contribution >= 4 is 39.2 Å². The number of methoxy groups -OCH3 is 1. The molecule has 1 N–H and O–H groups in total. The van der Waals surface area contributed by atoms with Crippen molar-refractivity contribution in [1.29, 1.82) is 0 Å². The van der Waals surface area contributed by atoms with Crippen LogP contribution in [0.5, 0.6) is 0 Å². The van der Waals surface area contributed by atoms with Crippen LogP contribution in [0.15, 0.2) is 9.95 Å². The zero-order valence-electron chi connectivity index (χ0n) is 16.0. The second-order valence-corrected chi connectivity index (χ2v) is 8.75. The van der Waals surface area contributed by atoms with Gasteiger partial charge in [0, 0.05) is 18.5 Å². The van der Waals surface area contributed by atoms with E-state index in [-0.39, 0.29) is 17.2 Å². The predicted octanol–water partition coefficient (Wildman–Crippen LogP) is 2.99. The summed E-state index contributed by atoms with van der Waals surface area (Å²) in [5.41, 5.74) is 1.19. The number of thioether (sulfide) groups is 1. The fourth-order valence-electron chi connectivity index (χ4n) is 3.33. The van der Waals surface area contributed by atoms with Gasteiger partial charge in [-0.2, -0.15) is 0 Å². The molecule has 148 valence electrons. The van der Waals surface area contributed by atoms with Crippen LogP contribution < -0.4 is 10.9 Å². The highest BCUT2D eigenvalue weighted by Crippen LogP contribution is 2.35. The number of aromatic nitrogens is 2. The molecule has 2 heterocycles. The smallest absolute Gasteiger partial charge is 0.263 e. The van der Waals surface area contributed by atoms with Crippen LogP contribution >= 0.6 is 23.1 Å². The maximum absolute atomic E-state index is 13.1. The molecule has 27 heavy (non-hydrogen) atoms. The highest BCUT2D eigenvalue weighted by Gasteiger charge is 2.23. The first-order valence-electron chi connectivity index (χ1n) is 9.59. The minimum Gasteiger partial charge on any atom is -0.383 e. The molecule has 1 aliphatic carbocycles. The van der Waals surface area contributed by atoms with E-state index in [9.17, 15) is 9.59 Å². The van der Waals surface area contributed by atoms with Crippen molar-refractivity contribution in [1.82, 2.24) is 14.9 Å². The Morgan fingerprint density at radius 2 is 2.22 bits per heavy atom. The Hall–Kier alpha value is -1.38. The van der Waals surface area contributed by atoms with Gasteiger partial charge in [-0.15, -0.1) is 11.3 Å². The highest BCUT2D eigenvalue weighted by atomic mass is 32.2. The van der Waals surface area contributed by atoms with Crippen molar-refractivity contribution in [2.75, 3.05) is 26.0 Å². The number of thiophene rings is 1. The summed E-state index contributed by atoms with van der Waals surface area (Å²) in [6, 6.07) is 0. The van der Waals surface area contributed by atoms with Crippen LogP contribution in [0, 0.1) is 0 Å². The molecule has 2 aromatic heterocycles. The van der Waals surface area contributed by atoms with E-state index in [4.69, 9.17) is 9.72 Å². The van der Waals surface area contributed by atoms with Gasteiger partial charge in [0.15, 0.2) is 5.16 Å². The number of nitrogens with one attached hydrogen (secondary N) is 1. The van der Waals surface area contributed by atoms with Crippen LogP contribution in [0.4, 0.5) is 0 Å². The summed E-state index contributed by atoms with van der Waals surface area (Å²) < 4.78 is 6.84. The molecule has 0 bridgehead atoms. The van der Waals surface area contributed by atoms with Crippen LogP contribution in [-0.4, -0.2) is 41.5 Å². The molecule has 8 heteroatoms. The number of carbonyl (C=O) groups excluding carboxylic acids is 1. The van der Waals surface area contributed by atoms with Crippen LogP contribution in [0.3, 0.4) is 0 Å². The van der Waals surface area contributed by atoms with Gasteiger partial charge in [0.05, 0.1) is 24.3 Å². The lowest BCUT2D eigenvalue weighted by Gasteiger charge is -2.12. The minimum atomic E-state index is -0.0163. The number of aryl methyl sites for hydroxylation is 2. The van der Waals surface area contributed by atoms with Crippen molar-refractivity contribution < 1.29 is 9.53 Å². The zero-order valence-corrected chi connectivity index (χ0v) is 17.6. The van der Waals surface area contributed by atoms with Gasteiger partial charge in [-0.1, -0.05) is 31.5 Å². The Bertz CT molecular complexity index is 860. The third-order valence-corrected chi connectivity index (χ3v) is 6.91. The SMILES string of the molecule is CCCCCNC(=O)CSc1nc2sc3c(c2c(=O)n1CCOC)CCC3. The van der Waals surface area contributed by atoms with E-state index >= 15 is 0 Å². The van der Waals surface area contributed by atoms with Gasteiger partial charge < -0.3 is 10.1 Å². The lowest BCUT2D eigenvalue weighted by Crippen LogP contribution is -2.28. The maximum Gasteiger partial charge on any atom is 0.263 e. The van der Waals surface area contributed by atoms with Crippen molar-refractivity contribution in [3.05, 3.63) is 20.8 Å². The predicted molar refractivity (Wildman–Crippen MR) is 111 cm³/mol. The minimum absolute atomic E-state index is 0.00213. The topological polar surface area (TPSA) is 73.2 Å². The fourth-order valence-corrected chi connectivity index (χ4v) is 5.49. The molecule has 1 amide bonds.